The van der Waals surface area contributed by atoms with Gasteiger partial charge in [0.15, 0.2) is 0 Å². The van der Waals surface area contributed by atoms with Crippen LogP contribution in [0.3, 0.4) is 0 Å². The quantitative estimate of drug-likeness (QED) is 0.766. The Morgan fingerprint density at radius 3 is 2.19 bits per heavy atom. The Morgan fingerprint density at radius 1 is 1.00 bits per heavy atom. The van der Waals surface area contributed by atoms with Crippen LogP contribution in [-0.2, 0) is 9.59 Å². The molecule has 0 saturated heterocycles. The molecule has 0 aromatic heterocycles. The van der Waals surface area contributed by atoms with Crippen molar-refractivity contribution in [1.82, 2.24) is 10.6 Å². The molecule has 0 saturated carbocycles. The number of hydrogen-bond acceptors (Lipinski definition) is 3. The lowest BCUT2D eigenvalue weighted by Gasteiger charge is -2.20. The first-order valence-electron chi connectivity index (χ1n) is 8.81. The zero-order valence-electron chi connectivity index (χ0n) is 15.5. The van der Waals surface area contributed by atoms with Gasteiger partial charge in [0.1, 0.15) is 5.75 Å². The molecule has 5 nitrogen and oxygen atoms in total. The molecule has 0 spiro atoms. The van der Waals surface area contributed by atoms with Crippen LogP contribution in [0.15, 0.2) is 54.6 Å². The van der Waals surface area contributed by atoms with E-state index in [0.29, 0.717) is 0 Å². The maximum absolute atomic E-state index is 12.4. The number of nitrogens with one attached hydrogen (secondary N) is 2. The molecule has 0 bridgehead atoms. The first-order chi connectivity index (χ1) is 12.5. The van der Waals surface area contributed by atoms with E-state index in [2.05, 4.69) is 10.6 Å². The Balaban J connectivity index is 2.11. The summed E-state index contributed by atoms with van der Waals surface area (Å²) in [4.78, 5) is 24.3. The van der Waals surface area contributed by atoms with Gasteiger partial charge in [-0.2, -0.15) is 0 Å². The van der Waals surface area contributed by atoms with Gasteiger partial charge in [0, 0.05) is 5.92 Å². The van der Waals surface area contributed by atoms with Gasteiger partial charge < -0.3 is 15.4 Å². The summed E-state index contributed by atoms with van der Waals surface area (Å²) >= 11 is 0. The highest BCUT2D eigenvalue weighted by molar-refractivity contribution is 5.86. The summed E-state index contributed by atoms with van der Waals surface area (Å²) in [5, 5.41) is 5.69. The van der Waals surface area contributed by atoms with Gasteiger partial charge >= 0.3 is 0 Å². The Bertz CT molecular complexity index is 714. The Morgan fingerprint density at radius 2 is 1.62 bits per heavy atom. The lowest BCUT2D eigenvalue weighted by molar-refractivity contribution is -0.128. The summed E-state index contributed by atoms with van der Waals surface area (Å²) in [5.41, 5.74) is 1.91. The Kier molecular flexibility index (Phi) is 7.21. The predicted octanol–water partition coefficient (Wildman–Crippen LogP) is 3.06. The Hall–Kier alpha value is -2.82. The van der Waals surface area contributed by atoms with Gasteiger partial charge in [-0.25, -0.2) is 0 Å². The molecule has 0 heterocycles. The van der Waals surface area contributed by atoms with Crippen molar-refractivity contribution in [1.29, 1.82) is 0 Å². The van der Waals surface area contributed by atoms with Crippen LogP contribution < -0.4 is 15.4 Å². The van der Waals surface area contributed by atoms with Crippen LogP contribution in [-0.4, -0.2) is 25.5 Å². The van der Waals surface area contributed by atoms with Crippen molar-refractivity contribution in [3.05, 3.63) is 65.7 Å². The molecule has 0 aliphatic carbocycles. The van der Waals surface area contributed by atoms with Crippen molar-refractivity contribution in [3.8, 4) is 5.75 Å². The van der Waals surface area contributed by atoms with Crippen LogP contribution >= 0.6 is 0 Å². The summed E-state index contributed by atoms with van der Waals surface area (Å²) < 4.78 is 5.20. The summed E-state index contributed by atoms with van der Waals surface area (Å²) in [5.74, 6) is 0.316. The van der Waals surface area contributed by atoms with Crippen LogP contribution in [0.1, 0.15) is 37.4 Å². The van der Waals surface area contributed by atoms with Crippen LogP contribution in [0.25, 0.3) is 0 Å². The lowest BCUT2D eigenvalue weighted by Crippen LogP contribution is -2.40. The van der Waals surface area contributed by atoms with Gasteiger partial charge in [0.05, 0.1) is 19.7 Å². The van der Waals surface area contributed by atoms with Gasteiger partial charge in [-0.15, -0.1) is 0 Å². The van der Waals surface area contributed by atoms with Gasteiger partial charge in [-0.3, -0.25) is 9.59 Å². The molecule has 0 radical (unpaired) electrons. The molecule has 2 unspecified atom stereocenters. The van der Waals surface area contributed by atoms with Gasteiger partial charge in [-0.05, 0) is 29.7 Å². The topological polar surface area (TPSA) is 67.4 Å². The van der Waals surface area contributed by atoms with E-state index in [1.165, 1.54) is 0 Å². The number of ether oxygens (including phenoxy) is 1. The molecular formula is C21H26N2O3. The summed E-state index contributed by atoms with van der Waals surface area (Å²) in [6.45, 7) is 3.75. The van der Waals surface area contributed by atoms with Gasteiger partial charge in [0.25, 0.3) is 0 Å². The largest absolute Gasteiger partial charge is 0.497 e. The molecule has 2 N–H and O–H groups in total. The summed E-state index contributed by atoms with van der Waals surface area (Å²) in [6, 6.07) is 17.0. The second-order valence-electron chi connectivity index (χ2n) is 6.21. The molecule has 2 amide bonds. The zero-order chi connectivity index (χ0) is 18.9. The average molecular weight is 354 g/mol. The molecule has 2 aromatic rings. The molecule has 138 valence electrons. The fraction of sp³-hybridized carbons (Fsp3) is 0.333. The third kappa shape index (κ3) is 5.34. The van der Waals surface area contributed by atoms with Crippen LogP contribution in [0.5, 0.6) is 5.75 Å². The molecule has 26 heavy (non-hydrogen) atoms. The normalized spacial score (nSPS) is 12.7. The summed E-state index contributed by atoms with van der Waals surface area (Å²) in [6.07, 6.45) is 0.742. The van der Waals surface area contributed by atoms with Gasteiger partial charge in [0.2, 0.25) is 11.8 Å². The second-order valence-corrected chi connectivity index (χ2v) is 6.21. The van der Waals surface area contributed by atoms with Crippen LogP contribution in [0.2, 0.25) is 0 Å². The lowest BCUT2D eigenvalue weighted by atomic mass is 9.98. The molecule has 0 fully saturated rings. The van der Waals surface area contributed by atoms with Crippen molar-refractivity contribution in [3.63, 3.8) is 0 Å². The number of hydrogen-bond donors (Lipinski definition) is 2. The van der Waals surface area contributed by atoms with E-state index in [4.69, 9.17) is 4.74 Å². The summed E-state index contributed by atoms with van der Waals surface area (Å²) in [7, 11) is 1.62. The highest BCUT2D eigenvalue weighted by atomic mass is 16.5. The molecule has 2 aromatic carbocycles. The van der Waals surface area contributed by atoms with E-state index in [9.17, 15) is 9.59 Å². The molecule has 2 atom stereocenters. The van der Waals surface area contributed by atoms with Crippen molar-refractivity contribution in [2.45, 2.75) is 26.3 Å². The van der Waals surface area contributed by atoms with Crippen molar-refractivity contribution in [2.75, 3.05) is 13.7 Å². The monoisotopic (exact) mass is 354 g/mol. The highest BCUT2D eigenvalue weighted by Gasteiger charge is 2.18. The van der Waals surface area contributed by atoms with Crippen molar-refractivity contribution in [2.24, 2.45) is 5.92 Å². The maximum atomic E-state index is 12.4. The van der Waals surface area contributed by atoms with E-state index < -0.39 is 0 Å². The van der Waals surface area contributed by atoms with E-state index in [1.807, 2.05) is 68.4 Å². The predicted molar refractivity (Wildman–Crippen MR) is 102 cm³/mol. The van der Waals surface area contributed by atoms with Crippen LogP contribution in [0.4, 0.5) is 0 Å². The third-order valence-electron chi connectivity index (χ3n) is 4.37. The van der Waals surface area contributed by atoms with Crippen molar-refractivity contribution >= 4 is 11.8 Å². The number of methoxy groups -OCH3 is 1. The molecule has 2 rings (SSSR count). The zero-order valence-corrected chi connectivity index (χ0v) is 15.5. The SMILES string of the molecule is CCC(C)C(=O)NCC(=O)NC(c1ccccc1)c1ccc(OC)cc1. The van der Waals surface area contributed by atoms with Crippen molar-refractivity contribution < 1.29 is 14.3 Å². The first kappa shape index (κ1) is 19.5. The molecular weight excluding hydrogens is 328 g/mol. The highest BCUT2D eigenvalue weighted by Crippen LogP contribution is 2.24. The minimum atomic E-state index is -0.296. The van der Waals surface area contributed by atoms with Crippen LogP contribution in [0, 0.1) is 5.92 Å². The third-order valence-corrected chi connectivity index (χ3v) is 4.37. The minimum Gasteiger partial charge on any atom is -0.497 e. The number of rotatable bonds is 8. The maximum Gasteiger partial charge on any atom is 0.240 e. The smallest absolute Gasteiger partial charge is 0.240 e. The first-order valence-corrected chi connectivity index (χ1v) is 8.81. The minimum absolute atomic E-state index is 0.0390. The number of carbonyl (C=O) groups is 2. The van der Waals surface area contributed by atoms with Gasteiger partial charge in [-0.1, -0.05) is 56.3 Å². The van der Waals surface area contributed by atoms with E-state index in [1.54, 1.807) is 7.11 Å². The van der Waals surface area contributed by atoms with E-state index in [-0.39, 0.29) is 30.3 Å². The number of amides is 2. The second kappa shape index (κ2) is 9.61. The fourth-order valence-corrected chi connectivity index (χ4v) is 2.54. The van der Waals surface area contributed by atoms with E-state index in [0.717, 1.165) is 23.3 Å². The number of carbonyl (C=O) groups excluding carboxylic acids is 2. The molecule has 0 aliphatic rings. The Labute approximate surface area is 154 Å². The van der Waals surface area contributed by atoms with E-state index >= 15 is 0 Å². The number of benzene rings is 2. The fourth-order valence-electron chi connectivity index (χ4n) is 2.54. The molecule has 5 heteroatoms. The standard InChI is InChI=1S/C21H26N2O3/c1-4-15(2)21(25)22-14-19(24)23-20(16-8-6-5-7-9-16)17-10-12-18(26-3)13-11-17/h5-13,15,20H,4,14H2,1-3H3,(H,22,25)(H,23,24). The average Bonchev–Trinajstić information content (AvgIpc) is 2.70. The molecule has 0 aliphatic heterocycles.